The zero-order valence-electron chi connectivity index (χ0n) is 16.9. The van der Waals surface area contributed by atoms with Crippen molar-refractivity contribution in [2.24, 2.45) is 5.10 Å². The van der Waals surface area contributed by atoms with Crippen LogP contribution in [0.15, 0.2) is 64.2 Å². The average molecular weight is 521 g/mol. The first kappa shape index (κ1) is 23.1. The van der Waals surface area contributed by atoms with Gasteiger partial charge in [-0.1, -0.05) is 45.2 Å². The van der Waals surface area contributed by atoms with E-state index >= 15 is 0 Å². The molecule has 0 atom stereocenters. The van der Waals surface area contributed by atoms with Crippen LogP contribution in [0, 0.1) is 13.8 Å². The fourth-order valence-corrected chi connectivity index (χ4v) is 3.51. The van der Waals surface area contributed by atoms with Crippen LogP contribution in [0.2, 0.25) is 10.0 Å². The number of hydrogen-bond donors (Lipinski definition) is 2. The van der Waals surface area contributed by atoms with Gasteiger partial charge in [0.2, 0.25) is 0 Å². The van der Waals surface area contributed by atoms with E-state index in [0.717, 1.165) is 32.5 Å². The van der Waals surface area contributed by atoms with Gasteiger partial charge < -0.3 is 10.1 Å². The highest BCUT2D eigenvalue weighted by atomic mass is 79.9. The van der Waals surface area contributed by atoms with Gasteiger partial charge in [0.15, 0.2) is 0 Å². The largest absolute Gasteiger partial charge is 0.488 e. The molecule has 3 aromatic carbocycles. The summed E-state index contributed by atoms with van der Waals surface area (Å²) >= 11 is 15.4. The Hall–Kier alpha value is -2.54. The van der Waals surface area contributed by atoms with E-state index < -0.39 is 6.03 Å². The predicted octanol–water partition coefficient (Wildman–Crippen LogP) is 7.11. The van der Waals surface area contributed by atoms with Crippen LogP contribution >= 0.6 is 39.1 Å². The molecule has 0 unspecified atom stereocenters. The van der Waals surface area contributed by atoms with Crippen molar-refractivity contribution in [3.05, 3.63) is 91.4 Å². The number of nitrogens with one attached hydrogen (secondary N) is 2. The number of benzene rings is 3. The van der Waals surface area contributed by atoms with E-state index in [1.165, 1.54) is 0 Å². The van der Waals surface area contributed by atoms with Crippen molar-refractivity contribution in [2.45, 2.75) is 20.5 Å². The number of anilines is 1. The topological polar surface area (TPSA) is 62.7 Å². The summed E-state index contributed by atoms with van der Waals surface area (Å²) in [5.74, 6) is 0.796. The minimum Gasteiger partial charge on any atom is -0.488 e. The minimum atomic E-state index is -0.423. The van der Waals surface area contributed by atoms with Gasteiger partial charge in [-0.05, 0) is 84.6 Å². The third-order valence-corrected chi connectivity index (χ3v) is 5.60. The Bertz CT molecular complexity index is 1100. The van der Waals surface area contributed by atoms with Crippen molar-refractivity contribution in [2.75, 3.05) is 5.32 Å². The summed E-state index contributed by atoms with van der Waals surface area (Å²) in [7, 11) is 0. The van der Waals surface area contributed by atoms with Crippen molar-refractivity contribution in [1.82, 2.24) is 5.43 Å². The third kappa shape index (κ3) is 6.72. The number of nitrogens with zero attached hydrogens (tertiary/aromatic N) is 1. The van der Waals surface area contributed by atoms with Gasteiger partial charge in [-0.25, -0.2) is 10.2 Å². The molecule has 0 bridgehead atoms. The zero-order valence-corrected chi connectivity index (χ0v) is 20.0. The second-order valence-corrected chi connectivity index (χ2v) is 8.58. The first-order valence-corrected chi connectivity index (χ1v) is 10.9. The lowest BCUT2D eigenvalue weighted by Crippen LogP contribution is -2.24. The second-order valence-electron chi connectivity index (χ2n) is 6.85. The Morgan fingerprint density at radius 3 is 2.35 bits per heavy atom. The lowest BCUT2D eigenvalue weighted by atomic mass is 10.1. The van der Waals surface area contributed by atoms with Crippen LogP contribution in [0.5, 0.6) is 5.75 Å². The average Bonchev–Trinajstić information content (AvgIpc) is 2.71. The molecule has 8 heteroatoms. The quantitative estimate of drug-likeness (QED) is 0.268. The molecule has 3 aromatic rings. The molecular formula is C23H20BrCl2N3O2. The van der Waals surface area contributed by atoms with Crippen LogP contribution in [0.3, 0.4) is 0 Å². The van der Waals surface area contributed by atoms with Crippen LogP contribution in [0.4, 0.5) is 10.5 Å². The Balaban J connectivity index is 1.59. The van der Waals surface area contributed by atoms with E-state index in [-0.39, 0.29) is 0 Å². The van der Waals surface area contributed by atoms with Gasteiger partial charge in [-0.2, -0.15) is 5.10 Å². The van der Waals surface area contributed by atoms with Crippen LogP contribution < -0.4 is 15.5 Å². The van der Waals surface area contributed by atoms with E-state index in [2.05, 4.69) is 31.8 Å². The molecule has 0 spiro atoms. The Kier molecular flexibility index (Phi) is 7.96. The third-order valence-electron chi connectivity index (χ3n) is 4.33. The van der Waals surface area contributed by atoms with Gasteiger partial charge in [-0.3, -0.25) is 0 Å². The predicted molar refractivity (Wildman–Crippen MR) is 131 cm³/mol. The first-order valence-electron chi connectivity index (χ1n) is 9.35. The molecule has 0 fully saturated rings. The van der Waals surface area contributed by atoms with Crippen molar-refractivity contribution in [3.8, 4) is 5.75 Å². The number of urea groups is 1. The van der Waals surface area contributed by atoms with Crippen LogP contribution in [0.1, 0.15) is 22.3 Å². The van der Waals surface area contributed by atoms with Crippen molar-refractivity contribution < 1.29 is 9.53 Å². The van der Waals surface area contributed by atoms with Crippen molar-refractivity contribution in [1.29, 1.82) is 0 Å². The van der Waals surface area contributed by atoms with Crippen LogP contribution in [-0.2, 0) is 6.61 Å². The molecule has 0 aliphatic heterocycles. The number of rotatable bonds is 6. The Morgan fingerprint density at radius 2 is 1.71 bits per heavy atom. The minimum absolute atomic E-state index is 0.379. The maximum atomic E-state index is 12.0. The highest BCUT2D eigenvalue weighted by molar-refractivity contribution is 9.10. The fourth-order valence-electron chi connectivity index (χ4n) is 2.93. The van der Waals surface area contributed by atoms with E-state index in [4.69, 9.17) is 27.9 Å². The number of ether oxygens (including phenoxy) is 1. The molecule has 0 aliphatic carbocycles. The number of halogens is 3. The molecule has 0 saturated heterocycles. The van der Waals surface area contributed by atoms with E-state index in [9.17, 15) is 4.79 Å². The molecule has 0 aromatic heterocycles. The number of carbonyl (C=O) groups excluding carboxylic acids is 1. The van der Waals surface area contributed by atoms with E-state index in [1.807, 2.05) is 44.2 Å². The summed E-state index contributed by atoms with van der Waals surface area (Å²) in [5, 5.41) is 7.73. The Morgan fingerprint density at radius 1 is 1.03 bits per heavy atom. The van der Waals surface area contributed by atoms with Gasteiger partial charge in [0.25, 0.3) is 0 Å². The molecule has 5 nitrogen and oxygen atoms in total. The summed E-state index contributed by atoms with van der Waals surface area (Å²) in [4.78, 5) is 12.0. The van der Waals surface area contributed by atoms with Crippen LogP contribution in [0.25, 0.3) is 0 Å². The molecule has 3 rings (SSSR count). The second kappa shape index (κ2) is 10.7. The maximum Gasteiger partial charge on any atom is 0.339 e. The lowest BCUT2D eigenvalue weighted by Gasteiger charge is -2.13. The lowest BCUT2D eigenvalue weighted by molar-refractivity contribution is 0.252. The molecule has 2 amide bonds. The van der Waals surface area contributed by atoms with Crippen molar-refractivity contribution >= 4 is 57.1 Å². The van der Waals surface area contributed by atoms with Crippen molar-refractivity contribution in [3.63, 3.8) is 0 Å². The summed E-state index contributed by atoms with van der Waals surface area (Å²) < 4.78 is 6.93. The molecular weight excluding hydrogens is 501 g/mol. The van der Waals surface area contributed by atoms with Gasteiger partial charge in [-0.15, -0.1) is 0 Å². The van der Waals surface area contributed by atoms with Gasteiger partial charge >= 0.3 is 6.03 Å². The number of hydrazone groups is 1. The molecule has 0 heterocycles. The summed E-state index contributed by atoms with van der Waals surface area (Å²) in [5.41, 5.74) is 6.83. The van der Waals surface area contributed by atoms with Gasteiger partial charge in [0, 0.05) is 10.2 Å². The van der Waals surface area contributed by atoms with E-state index in [0.29, 0.717) is 22.3 Å². The monoisotopic (exact) mass is 519 g/mol. The zero-order chi connectivity index (χ0) is 22.4. The molecule has 0 saturated carbocycles. The summed E-state index contributed by atoms with van der Waals surface area (Å²) in [6, 6.07) is 16.1. The molecule has 160 valence electrons. The molecule has 0 radical (unpaired) electrons. The normalized spacial score (nSPS) is 10.9. The summed E-state index contributed by atoms with van der Waals surface area (Å²) in [6.45, 7) is 4.30. The van der Waals surface area contributed by atoms with E-state index in [1.54, 1.807) is 30.5 Å². The first-order chi connectivity index (χ1) is 14.8. The molecule has 0 aliphatic rings. The van der Waals surface area contributed by atoms with Gasteiger partial charge in [0.05, 0.1) is 16.3 Å². The number of amides is 2. The smallest absolute Gasteiger partial charge is 0.339 e. The van der Waals surface area contributed by atoms with Crippen LogP contribution in [-0.4, -0.2) is 12.2 Å². The number of carbonyl (C=O) groups is 1. The number of hydrogen-bond acceptors (Lipinski definition) is 3. The maximum absolute atomic E-state index is 12.0. The molecule has 2 N–H and O–H groups in total. The standard InChI is InChI=1S/C23H20BrCl2N3O2/c1-14-9-17(12-27-29-23(30)28-19-6-4-18(24)5-7-19)10-15(2)22(14)31-13-16-3-8-20(25)21(26)11-16/h3-12H,13H2,1-2H3,(H2,28,29,30)/b27-12-. The SMILES string of the molecule is Cc1cc(/C=N\NC(=O)Nc2ccc(Br)cc2)cc(C)c1OCc1ccc(Cl)c(Cl)c1. The molecule has 31 heavy (non-hydrogen) atoms. The fraction of sp³-hybridized carbons (Fsp3) is 0.130. The summed E-state index contributed by atoms with van der Waals surface area (Å²) in [6.07, 6.45) is 1.59. The highest BCUT2D eigenvalue weighted by Crippen LogP contribution is 2.27. The van der Waals surface area contributed by atoms with Gasteiger partial charge in [0.1, 0.15) is 12.4 Å². The Labute approximate surface area is 199 Å². The highest BCUT2D eigenvalue weighted by Gasteiger charge is 2.08. The number of aryl methyl sites for hydroxylation is 2.